The molecule has 0 aliphatic carbocycles. The van der Waals surface area contributed by atoms with Crippen LogP contribution >= 0.6 is 0 Å². The van der Waals surface area contributed by atoms with Gasteiger partial charge >= 0.3 is 6.18 Å². The number of halogens is 4. The minimum Gasteiger partial charge on any atom is -0.463 e. The lowest BCUT2D eigenvalue weighted by atomic mass is 9.89. The molecule has 0 fully saturated rings. The summed E-state index contributed by atoms with van der Waals surface area (Å²) in [6.45, 7) is 1.20. The number of hydrogen-bond acceptors (Lipinski definition) is 8. The van der Waals surface area contributed by atoms with E-state index < -0.39 is 47.7 Å². The summed E-state index contributed by atoms with van der Waals surface area (Å²) in [5, 5.41) is 2.37. The number of nitrogens with zero attached hydrogens (tertiary/aromatic N) is 4. The van der Waals surface area contributed by atoms with Gasteiger partial charge in [-0.05, 0) is 19.1 Å². The van der Waals surface area contributed by atoms with E-state index in [4.69, 9.17) is 16.9 Å². The average Bonchev–Trinajstić information content (AvgIpc) is 2.72. The third-order valence-corrected chi connectivity index (χ3v) is 4.33. The highest BCUT2D eigenvalue weighted by atomic mass is 19.4. The van der Waals surface area contributed by atoms with Crippen LogP contribution in [0.5, 0.6) is 5.88 Å². The van der Waals surface area contributed by atoms with Crippen molar-refractivity contribution in [3.8, 4) is 18.2 Å². The molecule has 0 unspecified atom stereocenters. The van der Waals surface area contributed by atoms with Gasteiger partial charge in [0.25, 0.3) is 11.9 Å². The highest BCUT2D eigenvalue weighted by Crippen LogP contribution is 2.40. The minimum absolute atomic E-state index is 0.0332. The smallest absolute Gasteiger partial charge is 0.425 e. The SMILES string of the molecule is C#CCOc1cnc(C(=O)Nc2ccc(F)c([C@@]3(C)C[C@@H](C(F)(F)F)OC(N)=N3)n2)cn1. The van der Waals surface area contributed by atoms with Gasteiger partial charge < -0.3 is 20.5 Å². The van der Waals surface area contributed by atoms with Crippen molar-refractivity contribution in [1.82, 2.24) is 15.0 Å². The number of ether oxygens (including phenoxy) is 2. The van der Waals surface area contributed by atoms with Gasteiger partial charge in [0.2, 0.25) is 5.88 Å². The Morgan fingerprint density at radius 3 is 2.78 bits per heavy atom. The number of carbonyl (C=O) groups excluding carboxylic acids is 1. The van der Waals surface area contributed by atoms with E-state index >= 15 is 0 Å². The standard InChI is InChI=1S/C19H16F4N6O3/c1-3-6-31-14-9-25-11(8-26-14)16(30)28-13-5-4-10(20)15(27-13)18(2)7-12(19(21,22)23)32-17(24)29-18/h1,4-5,8-9,12H,6-7H2,2H3,(H2,24,29)(H,27,28,30)/t12-,18+/m0/s1. The van der Waals surface area contributed by atoms with Crippen molar-refractivity contribution in [3.05, 3.63) is 41.7 Å². The number of rotatable bonds is 5. The first-order chi connectivity index (χ1) is 15.0. The van der Waals surface area contributed by atoms with E-state index in [1.807, 2.05) is 0 Å². The van der Waals surface area contributed by atoms with Crippen LogP contribution in [0.1, 0.15) is 29.5 Å². The maximum Gasteiger partial charge on any atom is 0.425 e. The fourth-order valence-corrected chi connectivity index (χ4v) is 2.89. The first-order valence-electron chi connectivity index (χ1n) is 8.97. The van der Waals surface area contributed by atoms with Crippen LogP contribution in [0.25, 0.3) is 0 Å². The van der Waals surface area contributed by atoms with E-state index in [1.165, 1.54) is 13.1 Å². The van der Waals surface area contributed by atoms with E-state index in [1.54, 1.807) is 0 Å². The number of anilines is 1. The van der Waals surface area contributed by atoms with E-state index in [9.17, 15) is 22.4 Å². The lowest BCUT2D eigenvalue weighted by molar-refractivity contribution is -0.208. The van der Waals surface area contributed by atoms with Crippen LogP contribution in [-0.2, 0) is 10.3 Å². The lowest BCUT2D eigenvalue weighted by Gasteiger charge is -2.35. The highest BCUT2D eigenvalue weighted by Gasteiger charge is 2.50. The van der Waals surface area contributed by atoms with Crippen molar-refractivity contribution in [2.75, 3.05) is 11.9 Å². The van der Waals surface area contributed by atoms with Gasteiger partial charge in [0.1, 0.15) is 28.6 Å². The first kappa shape index (κ1) is 22.7. The molecule has 2 atom stereocenters. The van der Waals surface area contributed by atoms with Gasteiger partial charge in [-0.1, -0.05) is 5.92 Å². The summed E-state index contributed by atoms with van der Waals surface area (Å²) in [6.07, 6.45) is -0.454. The number of hydrogen-bond donors (Lipinski definition) is 2. The number of terminal acetylenes is 1. The fraction of sp³-hybridized carbons (Fsp3) is 0.316. The van der Waals surface area contributed by atoms with Crippen molar-refractivity contribution >= 4 is 17.7 Å². The van der Waals surface area contributed by atoms with Crippen LogP contribution in [0.15, 0.2) is 29.5 Å². The maximum atomic E-state index is 14.5. The second-order valence-corrected chi connectivity index (χ2v) is 6.79. The molecule has 1 aliphatic rings. The molecule has 3 rings (SSSR count). The van der Waals surface area contributed by atoms with Crippen molar-refractivity contribution in [1.29, 1.82) is 0 Å². The summed E-state index contributed by atoms with van der Waals surface area (Å²) in [7, 11) is 0. The predicted molar refractivity (Wildman–Crippen MR) is 103 cm³/mol. The fourth-order valence-electron chi connectivity index (χ4n) is 2.89. The molecule has 9 nitrogen and oxygen atoms in total. The number of nitrogens with two attached hydrogens (primary N) is 1. The number of amides is 1. The summed E-state index contributed by atoms with van der Waals surface area (Å²) in [5.74, 6) is 0.516. The molecule has 168 valence electrons. The second kappa shape index (κ2) is 8.66. The quantitative estimate of drug-likeness (QED) is 0.526. The molecular weight excluding hydrogens is 436 g/mol. The molecule has 2 aromatic heterocycles. The zero-order valence-corrected chi connectivity index (χ0v) is 16.5. The van der Waals surface area contributed by atoms with Gasteiger partial charge in [-0.2, -0.15) is 13.2 Å². The Morgan fingerprint density at radius 2 is 2.16 bits per heavy atom. The number of aliphatic imine (C=N–C) groups is 1. The zero-order chi connectivity index (χ0) is 23.5. The monoisotopic (exact) mass is 452 g/mol. The molecule has 1 amide bonds. The predicted octanol–water partition coefficient (Wildman–Crippen LogP) is 2.16. The molecule has 2 aromatic rings. The van der Waals surface area contributed by atoms with Gasteiger partial charge in [0, 0.05) is 6.42 Å². The van der Waals surface area contributed by atoms with Gasteiger partial charge in [-0.3, -0.25) is 4.79 Å². The Bertz CT molecular complexity index is 1080. The highest BCUT2D eigenvalue weighted by molar-refractivity contribution is 6.02. The van der Waals surface area contributed by atoms with Gasteiger partial charge in [0.15, 0.2) is 12.7 Å². The normalized spacial score (nSPS) is 20.5. The summed E-state index contributed by atoms with van der Waals surface area (Å²) in [5.41, 5.74) is 3.04. The van der Waals surface area contributed by atoms with Gasteiger partial charge in [-0.25, -0.2) is 24.3 Å². The molecule has 13 heteroatoms. The van der Waals surface area contributed by atoms with Crippen molar-refractivity contribution in [2.45, 2.75) is 31.2 Å². The lowest BCUT2D eigenvalue weighted by Crippen LogP contribution is -2.46. The van der Waals surface area contributed by atoms with Crippen molar-refractivity contribution < 1.29 is 31.8 Å². The third-order valence-electron chi connectivity index (χ3n) is 4.33. The summed E-state index contributed by atoms with van der Waals surface area (Å²) >= 11 is 0. The average molecular weight is 452 g/mol. The molecular formula is C19H16F4N6O3. The van der Waals surface area contributed by atoms with E-state index in [0.29, 0.717) is 0 Å². The van der Waals surface area contributed by atoms with Crippen LogP contribution in [0.4, 0.5) is 23.4 Å². The molecule has 3 N–H and O–H groups in total. The summed E-state index contributed by atoms with van der Waals surface area (Å²) in [6, 6.07) is 1.32. The van der Waals surface area contributed by atoms with Crippen LogP contribution in [0.3, 0.4) is 0 Å². The molecule has 0 radical (unpaired) electrons. The number of amidine groups is 1. The summed E-state index contributed by atoms with van der Waals surface area (Å²) in [4.78, 5) is 27.9. The topological polar surface area (TPSA) is 125 Å². The number of alkyl halides is 3. The third kappa shape index (κ3) is 5.02. The zero-order valence-electron chi connectivity index (χ0n) is 16.5. The molecule has 3 heterocycles. The van der Waals surface area contributed by atoms with Crippen LogP contribution in [-0.4, -0.2) is 45.8 Å². The van der Waals surface area contributed by atoms with Crippen LogP contribution in [0, 0.1) is 18.2 Å². The molecule has 0 spiro atoms. The molecule has 0 saturated heterocycles. The molecule has 0 saturated carbocycles. The van der Waals surface area contributed by atoms with Crippen molar-refractivity contribution in [2.24, 2.45) is 10.7 Å². The van der Waals surface area contributed by atoms with Gasteiger partial charge in [0.05, 0.1) is 12.4 Å². The number of carbonyl (C=O) groups is 1. The number of aromatic nitrogens is 3. The van der Waals surface area contributed by atoms with E-state index in [0.717, 1.165) is 18.3 Å². The Kier molecular flexibility index (Phi) is 6.15. The van der Waals surface area contributed by atoms with E-state index in [2.05, 4.69) is 35.9 Å². The van der Waals surface area contributed by atoms with Gasteiger partial charge in [-0.15, -0.1) is 6.42 Å². The largest absolute Gasteiger partial charge is 0.463 e. The summed E-state index contributed by atoms with van der Waals surface area (Å²) < 4.78 is 63.6. The molecule has 1 aliphatic heterocycles. The number of nitrogens with one attached hydrogen (secondary N) is 1. The maximum absolute atomic E-state index is 14.5. The molecule has 0 bridgehead atoms. The molecule has 0 aromatic carbocycles. The second-order valence-electron chi connectivity index (χ2n) is 6.79. The molecule has 32 heavy (non-hydrogen) atoms. The Morgan fingerprint density at radius 1 is 1.41 bits per heavy atom. The van der Waals surface area contributed by atoms with E-state index in [-0.39, 0.29) is 24.0 Å². The minimum atomic E-state index is -4.75. The number of pyridine rings is 1. The van der Waals surface area contributed by atoms with Crippen LogP contribution in [0.2, 0.25) is 0 Å². The van der Waals surface area contributed by atoms with Crippen molar-refractivity contribution in [3.63, 3.8) is 0 Å². The Labute approximate surface area is 179 Å². The Balaban J connectivity index is 1.83. The van der Waals surface area contributed by atoms with Crippen LogP contribution < -0.4 is 15.8 Å². The Hall–Kier alpha value is -3.95. The first-order valence-corrected chi connectivity index (χ1v) is 8.97.